The van der Waals surface area contributed by atoms with Gasteiger partial charge in [-0.15, -0.1) is 13.2 Å². The van der Waals surface area contributed by atoms with Gasteiger partial charge < -0.3 is 9.47 Å². The van der Waals surface area contributed by atoms with E-state index < -0.39 is 40.2 Å². The van der Waals surface area contributed by atoms with Crippen molar-refractivity contribution in [1.82, 2.24) is 0 Å². The lowest BCUT2D eigenvalue weighted by molar-refractivity contribution is -0.388. The van der Waals surface area contributed by atoms with E-state index in [1.165, 1.54) is 6.92 Å². The monoisotopic (exact) mass is 319 g/mol. The van der Waals surface area contributed by atoms with Crippen molar-refractivity contribution in [2.45, 2.75) is 19.5 Å². The molecule has 0 aliphatic rings. The van der Waals surface area contributed by atoms with E-state index in [0.717, 1.165) is 0 Å². The maximum atomic E-state index is 12.7. The molecule has 0 fully saturated rings. The standard InChI is InChI=1S/C10H7F6NO4/c1-2-20-7-4-8(21-10(14,15)16)6(17(18)19)3-5(7)9(11,12)13/h3-4H,2H2,1H3. The van der Waals surface area contributed by atoms with E-state index in [1.807, 2.05) is 0 Å². The first-order valence-corrected chi connectivity index (χ1v) is 5.24. The Balaban J connectivity index is 3.50. The van der Waals surface area contributed by atoms with E-state index in [4.69, 9.17) is 0 Å². The SMILES string of the molecule is CCOc1cc(OC(F)(F)F)c([N+](=O)[O-])cc1C(F)(F)F. The molecule has 1 aromatic carbocycles. The van der Waals surface area contributed by atoms with Crippen LogP contribution in [0.5, 0.6) is 11.5 Å². The van der Waals surface area contributed by atoms with E-state index in [-0.39, 0.29) is 18.7 Å². The van der Waals surface area contributed by atoms with Gasteiger partial charge in [-0.05, 0) is 6.92 Å². The number of rotatable bonds is 4. The number of halogens is 6. The molecule has 0 amide bonds. The Hall–Kier alpha value is -2.20. The van der Waals surface area contributed by atoms with Crippen LogP contribution in [0.3, 0.4) is 0 Å². The minimum Gasteiger partial charge on any atom is -0.493 e. The molecular weight excluding hydrogens is 312 g/mol. The first-order chi connectivity index (χ1) is 9.45. The molecule has 0 aromatic heterocycles. The zero-order valence-electron chi connectivity index (χ0n) is 10.2. The molecule has 0 bridgehead atoms. The van der Waals surface area contributed by atoms with Gasteiger partial charge in [-0.3, -0.25) is 10.1 Å². The largest absolute Gasteiger partial charge is 0.573 e. The Morgan fingerprint density at radius 2 is 1.71 bits per heavy atom. The van der Waals surface area contributed by atoms with Gasteiger partial charge in [-0.25, -0.2) is 0 Å². The van der Waals surface area contributed by atoms with Gasteiger partial charge in [-0.1, -0.05) is 0 Å². The van der Waals surface area contributed by atoms with Crippen LogP contribution in [-0.4, -0.2) is 17.9 Å². The number of nitro benzene ring substituents is 1. The van der Waals surface area contributed by atoms with Crippen LogP contribution >= 0.6 is 0 Å². The second-order valence-electron chi connectivity index (χ2n) is 3.55. The fourth-order valence-electron chi connectivity index (χ4n) is 1.40. The number of alkyl halides is 6. The summed E-state index contributed by atoms with van der Waals surface area (Å²) < 4.78 is 82.5. The smallest absolute Gasteiger partial charge is 0.493 e. The molecule has 0 unspecified atom stereocenters. The van der Waals surface area contributed by atoms with Gasteiger partial charge in [-0.2, -0.15) is 13.2 Å². The van der Waals surface area contributed by atoms with Crippen molar-refractivity contribution in [3.05, 3.63) is 27.8 Å². The Bertz CT molecular complexity index is 540. The number of hydrogen-bond donors (Lipinski definition) is 0. The quantitative estimate of drug-likeness (QED) is 0.479. The van der Waals surface area contributed by atoms with Crippen LogP contribution in [0.4, 0.5) is 32.0 Å². The minimum atomic E-state index is -5.30. The van der Waals surface area contributed by atoms with Crippen molar-refractivity contribution in [2.75, 3.05) is 6.61 Å². The fourth-order valence-corrected chi connectivity index (χ4v) is 1.40. The van der Waals surface area contributed by atoms with Gasteiger partial charge in [0.1, 0.15) is 11.3 Å². The van der Waals surface area contributed by atoms with E-state index in [2.05, 4.69) is 9.47 Å². The summed E-state index contributed by atoms with van der Waals surface area (Å²) in [6.07, 6.45) is -10.3. The van der Waals surface area contributed by atoms with Crippen molar-refractivity contribution in [3.8, 4) is 11.5 Å². The molecule has 11 heteroatoms. The average Bonchev–Trinajstić information content (AvgIpc) is 2.25. The first kappa shape index (κ1) is 16.9. The molecule has 1 aromatic rings. The predicted molar refractivity (Wildman–Crippen MR) is 56.0 cm³/mol. The lowest BCUT2D eigenvalue weighted by atomic mass is 10.1. The predicted octanol–water partition coefficient (Wildman–Crippen LogP) is 3.91. The molecule has 0 saturated carbocycles. The van der Waals surface area contributed by atoms with Crippen molar-refractivity contribution in [2.24, 2.45) is 0 Å². The lowest BCUT2D eigenvalue weighted by Crippen LogP contribution is -2.19. The van der Waals surface area contributed by atoms with E-state index in [9.17, 15) is 36.5 Å². The average molecular weight is 319 g/mol. The Morgan fingerprint density at radius 1 is 1.14 bits per heavy atom. The first-order valence-electron chi connectivity index (χ1n) is 5.24. The third-order valence-electron chi connectivity index (χ3n) is 2.09. The van der Waals surface area contributed by atoms with E-state index in [1.54, 1.807) is 0 Å². The molecule has 21 heavy (non-hydrogen) atoms. The highest BCUT2D eigenvalue weighted by Crippen LogP contribution is 2.44. The molecule has 0 aliphatic carbocycles. The van der Waals surface area contributed by atoms with Crippen LogP contribution in [0, 0.1) is 10.1 Å². The third-order valence-corrected chi connectivity index (χ3v) is 2.09. The molecular formula is C10H7F6NO4. The fraction of sp³-hybridized carbons (Fsp3) is 0.400. The van der Waals surface area contributed by atoms with Crippen molar-refractivity contribution in [1.29, 1.82) is 0 Å². The Morgan fingerprint density at radius 3 is 2.10 bits per heavy atom. The maximum absolute atomic E-state index is 12.7. The summed E-state index contributed by atoms with van der Waals surface area (Å²) in [6, 6.07) is 0.129. The van der Waals surface area contributed by atoms with E-state index >= 15 is 0 Å². The topological polar surface area (TPSA) is 61.6 Å². The maximum Gasteiger partial charge on any atom is 0.573 e. The molecule has 0 aliphatic heterocycles. The van der Waals surface area contributed by atoms with Gasteiger partial charge in [0.05, 0.1) is 11.5 Å². The summed E-state index contributed by atoms with van der Waals surface area (Å²) in [7, 11) is 0. The number of hydrogen-bond acceptors (Lipinski definition) is 4. The second-order valence-corrected chi connectivity index (χ2v) is 3.55. The summed E-state index contributed by atoms with van der Waals surface area (Å²) in [6.45, 7) is 1.01. The summed E-state index contributed by atoms with van der Waals surface area (Å²) in [5.74, 6) is -2.38. The van der Waals surface area contributed by atoms with E-state index in [0.29, 0.717) is 0 Å². The van der Waals surface area contributed by atoms with Crippen molar-refractivity contribution in [3.63, 3.8) is 0 Å². The minimum absolute atomic E-state index is 0.0634. The van der Waals surface area contributed by atoms with Gasteiger partial charge in [0, 0.05) is 12.1 Å². The molecule has 0 atom stereocenters. The second kappa shape index (κ2) is 5.66. The molecule has 0 heterocycles. The zero-order valence-corrected chi connectivity index (χ0v) is 10.2. The molecule has 5 nitrogen and oxygen atoms in total. The summed E-state index contributed by atoms with van der Waals surface area (Å²) in [5, 5.41) is 10.6. The molecule has 0 saturated heterocycles. The highest BCUT2D eigenvalue weighted by Gasteiger charge is 2.40. The van der Waals surface area contributed by atoms with Crippen LogP contribution in [0.1, 0.15) is 12.5 Å². The van der Waals surface area contributed by atoms with Crippen LogP contribution < -0.4 is 9.47 Å². The van der Waals surface area contributed by atoms with Gasteiger partial charge in [0.15, 0.2) is 0 Å². The molecule has 0 spiro atoms. The number of nitro groups is 1. The van der Waals surface area contributed by atoms with Gasteiger partial charge >= 0.3 is 18.2 Å². The Labute approximate surface area is 113 Å². The number of nitrogens with zero attached hydrogens (tertiary/aromatic N) is 1. The van der Waals surface area contributed by atoms with Crippen LogP contribution in [-0.2, 0) is 6.18 Å². The summed E-state index contributed by atoms with van der Waals surface area (Å²) in [4.78, 5) is 9.20. The number of benzene rings is 1. The summed E-state index contributed by atoms with van der Waals surface area (Å²) in [5.41, 5.74) is -3.03. The zero-order chi connectivity index (χ0) is 16.4. The van der Waals surface area contributed by atoms with Gasteiger partial charge in [0.2, 0.25) is 5.75 Å². The van der Waals surface area contributed by atoms with Crippen LogP contribution in [0.15, 0.2) is 12.1 Å². The van der Waals surface area contributed by atoms with Crippen molar-refractivity contribution >= 4 is 5.69 Å². The molecule has 118 valence electrons. The van der Waals surface area contributed by atoms with Crippen LogP contribution in [0.25, 0.3) is 0 Å². The number of ether oxygens (including phenoxy) is 2. The normalized spacial score (nSPS) is 12.1. The highest BCUT2D eigenvalue weighted by atomic mass is 19.4. The van der Waals surface area contributed by atoms with Crippen molar-refractivity contribution < 1.29 is 40.7 Å². The lowest BCUT2D eigenvalue weighted by Gasteiger charge is -2.15. The highest BCUT2D eigenvalue weighted by molar-refractivity contribution is 5.56. The van der Waals surface area contributed by atoms with Gasteiger partial charge in [0.25, 0.3) is 0 Å². The summed E-state index contributed by atoms with van der Waals surface area (Å²) >= 11 is 0. The molecule has 1 rings (SSSR count). The van der Waals surface area contributed by atoms with Crippen LogP contribution in [0.2, 0.25) is 0 Å². The molecule has 0 N–H and O–H groups in total. The Kier molecular flexibility index (Phi) is 4.54. The molecule has 0 radical (unpaired) electrons. The third kappa shape index (κ3) is 4.39.